The van der Waals surface area contributed by atoms with Crippen molar-refractivity contribution in [2.45, 2.75) is 20.0 Å². The van der Waals surface area contributed by atoms with E-state index in [1.807, 2.05) is 38.1 Å². The van der Waals surface area contributed by atoms with Crippen molar-refractivity contribution in [3.8, 4) is 5.75 Å². The Bertz CT molecular complexity index is 319. The van der Waals surface area contributed by atoms with Crippen LogP contribution in [0.3, 0.4) is 0 Å². The van der Waals surface area contributed by atoms with Crippen LogP contribution in [0.1, 0.15) is 13.8 Å². The Kier molecular flexibility index (Phi) is 4.69. The molecule has 0 aliphatic heterocycles. The first-order valence-corrected chi connectivity index (χ1v) is 5.71. The largest absolute Gasteiger partial charge is 0.491 e. The van der Waals surface area contributed by atoms with Crippen molar-refractivity contribution >= 4 is 21.6 Å². The Morgan fingerprint density at radius 1 is 1.40 bits per heavy atom. The lowest BCUT2D eigenvalue weighted by molar-refractivity contribution is 0.242. The highest BCUT2D eigenvalue weighted by Gasteiger charge is 1.97. The zero-order valence-corrected chi connectivity index (χ0v) is 10.7. The number of hydrogen-bond donors (Lipinski definition) is 1. The fourth-order valence-corrected chi connectivity index (χ4v) is 1.26. The van der Waals surface area contributed by atoms with Gasteiger partial charge in [-0.2, -0.15) is 0 Å². The molecular weight excluding hydrogens is 254 g/mol. The maximum atomic E-state index is 5.54. The lowest BCUT2D eigenvalue weighted by Gasteiger charge is -2.10. The summed E-state index contributed by atoms with van der Waals surface area (Å²) in [4.78, 5) is 0. The summed E-state index contributed by atoms with van der Waals surface area (Å²) in [7, 11) is 0. The van der Waals surface area contributed by atoms with E-state index >= 15 is 0 Å². The van der Waals surface area contributed by atoms with Crippen LogP contribution in [0.2, 0.25) is 0 Å². The van der Waals surface area contributed by atoms with Crippen LogP contribution in [0, 0.1) is 0 Å². The smallest absolute Gasteiger partial charge is 0.119 e. The van der Waals surface area contributed by atoms with Gasteiger partial charge in [-0.05, 0) is 38.1 Å². The van der Waals surface area contributed by atoms with E-state index in [-0.39, 0.29) is 6.10 Å². The minimum atomic E-state index is 0.214. The molecule has 1 N–H and O–H groups in total. The lowest BCUT2D eigenvalue weighted by atomic mass is 10.3. The van der Waals surface area contributed by atoms with E-state index in [1.54, 1.807) is 0 Å². The monoisotopic (exact) mass is 269 g/mol. The number of anilines is 1. The summed E-state index contributed by atoms with van der Waals surface area (Å²) in [6.45, 7) is 8.51. The topological polar surface area (TPSA) is 21.3 Å². The van der Waals surface area contributed by atoms with Gasteiger partial charge in [-0.25, -0.2) is 0 Å². The normalized spacial score (nSPS) is 10.1. The number of rotatable bonds is 5. The van der Waals surface area contributed by atoms with Crippen molar-refractivity contribution in [2.24, 2.45) is 0 Å². The minimum absolute atomic E-state index is 0.214. The van der Waals surface area contributed by atoms with Crippen LogP contribution < -0.4 is 10.1 Å². The maximum absolute atomic E-state index is 5.54. The first kappa shape index (κ1) is 12.1. The second kappa shape index (κ2) is 5.81. The summed E-state index contributed by atoms with van der Waals surface area (Å²) in [5.74, 6) is 0.896. The standard InChI is InChI=1S/C12H16BrNO/c1-9(2)15-12-6-4-11(5-7-12)14-8-10(3)13/h4-7,9,14H,3,8H2,1-2H3. The third-order valence-electron chi connectivity index (χ3n) is 1.71. The molecule has 0 bridgehead atoms. The molecule has 82 valence electrons. The van der Waals surface area contributed by atoms with Crippen molar-refractivity contribution in [3.63, 3.8) is 0 Å². The van der Waals surface area contributed by atoms with Crippen molar-refractivity contribution in [2.75, 3.05) is 11.9 Å². The molecule has 0 spiro atoms. The zero-order valence-electron chi connectivity index (χ0n) is 9.09. The Morgan fingerprint density at radius 3 is 2.47 bits per heavy atom. The average molecular weight is 270 g/mol. The van der Waals surface area contributed by atoms with Crippen LogP contribution in [0.5, 0.6) is 5.75 Å². The molecule has 0 unspecified atom stereocenters. The first-order valence-electron chi connectivity index (χ1n) is 4.92. The third kappa shape index (κ3) is 4.88. The molecular formula is C12H16BrNO. The van der Waals surface area contributed by atoms with Gasteiger partial charge in [0.15, 0.2) is 0 Å². The van der Waals surface area contributed by atoms with Gasteiger partial charge in [0.1, 0.15) is 5.75 Å². The maximum Gasteiger partial charge on any atom is 0.119 e. The van der Waals surface area contributed by atoms with E-state index < -0.39 is 0 Å². The van der Waals surface area contributed by atoms with Crippen molar-refractivity contribution in [1.82, 2.24) is 0 Å². The van der Waals surface area contributed by atoms with Crippen molar-refractivity contribution < 1.29 is 4.74 Å². The summed E-state index contributed by atoms with van der Waals surface area (Å²) >= 11 is 3.30. The molecule has 0 saturated carbocycles. The Labute approximate surface area is 99.5 Å². The highest BCUT2D eigenvalue weighted by Crippen LogP contribution is 2.17. The van der Waals surface area contributed by atoms with Crippen LogP contribution in [-0.2, 0) is 0 Å². The van der Waals surface area contributed by atoms with Gasteiger partial charge in [-0.1, -0.05) is 22.5 Å². The van der Waals surface area contributed by atoms with Crippen LogP contribution in [0.15, 0.2) is 35.3 Å². The van der Waals surface area contributed by atoms with Gasteiger partial charge in [0.25, 0.3) is 0 Å². The molecule has 0 aromatic heterocycles. The van der Waals surface area contributed by atoms with Crippen LogP contribution in [-0.4, -0.2) is 12.6 Å². The quantitative estimate of drug-likeness (QED) is 0.878. The SMILES string of the molecule is C=C(Br)CNc1ccc(OC(C)C)cc1. The van der Waals surface area contributed by atoms with E-state index in [0.29, 0.717) is 0 Å². The predicted octanol–water partition coefficient (Wildman–Crippen LogP) is 3.79. The molecule has 0 radical (unpaired) electrons. The van der Waals surface area contributed by atoms with Gasteiger partial charge < -0.3 is 10.1 Å². The first-order chi connectivity index (χ1) is 7.08. The number of halogens is 1. The molecule has 0 heterocycles. The number of nitrogens with one attached hydrogen (secondary N) is 1. The summed E-state index contributed by atoms with van der Waals surface area (Å²) in [5.41, 5.74) is 1.06. The van der Waals surface area contributed by atoms with Crippen molar-refractivity contribution in [3.05, 3.63) is 35.3 Å². The molecule has 0 amide bonds. The summed E-state index contributed by atoms with van der Waals surface area (Å²) in [5, 5.41) is 3.22. The third-order valence-corrected chi connectivity index (χ3v) is 1.99. The molecule has 15 heavy (non-hydrogen) atoms. The molecule has 1 rings (SSSR count). The second-order valence-electron chi connectivity index (χ2n) is 3.56. The van der Waals surface area contributed by atoms with E-state index in [9.17, 15) is 0 Å². The second-order valence-corrected chi connectivity index (χ2v) is 4.68. The van der Waals surface area contributed by atoms with Gasteiger partial charge in [0.05, 0.1) is 6.10 Å². The molecule has 1 aromatic rings. The molecule has 3 heteroatoms. The van der Waals surface area contributed by atoms with Gasteiger partial charge in [0.2, 0.25) is 0 Å². The van der Waals surface area contributed by atoms with Crippen LogP contribution in [0.4, 0.5) is 5.69 Å². The average Bonchev–Trinajstić information content (AvgIpc) is 2.16. The molecule has 1 aromatic carbocycles. The van der Waals surface area contributed by atoms with Gasteiger partial charge >= 0.3 is 0 Å². The molecule has 0 aliphatic carbocycles. The summed E-state index contributed by atoms with van der Waals surface area (Å²) < 4.78 is 6.48. The lowest BCUT2D eigenvalue weighted by Crippen LogP contribution is -2.05. The molecule has 0 atom stereocenters. The predicted molar refractivity (Wildman–Crippen MR) is 68.8 cm³/mol. The van der Waals surface area contributed by atoms with Gasteiger partial charge in [-0.15, -0.1) is 0 Å². The summed E-state index contributed by atoms with van der Waals surface area (Å²) in [6, 6.07) is 7.90. The number of benzene rings is 1. The van der Waals surface area contributed by atoms with E-state index in [2.05, 4.69) is 27.8 Å². The molecule has 0 fully saturated rings. The fourth-order valence-electron chi connectivity index (χ4n) is 1.12. The zero-order chi connectivity index (χ0) is 11.3. The Balaban J connectivity index is 2.52. The van der Waals surface area contributed by atoms with Gasteiger partial charge in [-0.3, -0.25) is 0 Å². The highest BCUT2D eigenvalue weighted by atomic mass is 79.9. The Morgan fingerprint density at radius 2 is 2.00 bits per heavy atom. The van der Waals surface area contributed by atoms with E-state index in [4.69, 9.17) is 4.74 Å². The van der Waals surface area contributed by atoms with Gasteiger partial charge in [0, 0.05) is 16.7 Å². The van der Waals surface area contributed by atoms with E-state index in [1.165, 1.54) is 0 Å². The molecule has 2 nitrogen and oxygen atoms in total. The Hall–Kier alpha value is -0.960. The highest BCUT2D eigenvalue weighted by molar-refractivity contribution is 9.11. The van der Waals surface area contributed by atoms with E-state index in [0.717, 1.165) is 22.5 Å². The minimum Gasteiger partial charge on any atom is -0.491 e. The summed E-state index contributed by atoms with van der Waals surface area (Å²) in [6.07, 6.45) is 0.214. The number of ether oxygens (including phenoxy) is 1. The van der Waals surface area contributed by atoms with Crippen molar-refractivity contribution in [1.29, 1.82) is 0 Å². The fraction of sp³-hybridized carbons (Fsp3) is 0.333. The van der Waals surface area contributed by atoms with Crippen LogP contribution in [0.25, 0.3) is 0 Å². The molecule has 0 saturated heterocycles. The van der Waals surface area contributed by atoms with Crippen LogP contribution >= 0.6 is 15.9 Å². The number of hydrogen-bond acceptors (Lipinski definition) is 2. The molecule has 0 aliphatic rings.